The Bertz CT molecular complexity index is 1690. The molecule has 3 saturated carbocycles. The van der Waals surface area contributed by atoms with E-state index in [-0.39, 0.29) is 34.0 Å². The van der Waals surface area contributed by atoms with Crippen molar-refractivity contribution in [3.05, 3.63) is 11.6 Å². The summed E-state index contributed by atoms with van der Waals surface area (Å²) in [5.41, 5.74) is -1.27. The lowest BCUT2D eigenvalue weighted by atomic mass is 9.39. The van der Waals surface area contributed by atoms with Gasteiger partial charge in [0.2, 0.25) is 0 Å². The largest absolute Gasteiger partial charge is 0.394 e. The summed E-state index contributed by atoms with van der Waals surface area (Å²) in [7, 11) is 0. The summed E-state index contributed by atoms with van der Waals surface area (Å²) in [5.74, 6) is 0.252. The minimum absolute atomic E-state index is 0.0742. The first-order valence-electron chi connectivity index (χ1n) is 24.0. The van der Waals surface area contributed by atoms with Gasteiger partial charge in [0.15, 0.2) is 18.9 Å². The zero-order valence-electron chi connectivity index (χ0n) is 39.6. The molecule has 13 N–H and O–H groups in total. The molecular formula is C47H80O19. The van der Waals surface area contributed by atoms with Crippen LogP contribution in [0.2, 0.25) is 0 Å². The molecule has 0 spiro atoms. The van der Waals surface area contributed by atoms with Gasteiger partial charge in [0.05, 0.1) is 37.6 Å². The molecule has 0 amide bonds. The molecule has 3 saturated heterocycles. The number of fused-ring (bicyclic) bond motifs is 5. The molecule has 3 aliphatic heterocycles. The highest BCUT2D eigenvalue weighted by Gasteiger charge is 2.68. The number of allylic oxidation sites excluding steroid dienone is 1. The summed E-state index contributed by atoms with van der Waals surface area (Å²) in [4.78, 5) is 0. The van der Waals surface area contributed by atoms with Crippen molar-refractivity contribution in [3.63, 3.8) is 0 Å². The minimum Gasteiger partial charge on any atom is -0.394 e. The maximum atomic E-state index is 11.7. The van der Waals surface area contributed by atoms with E-state index in [1.807, 2.05) is 6.92 Å². The van der Waals surface area contributed by atoms with Gasteiger partial charge in [0, 0.05) is 5.41 Å². The fourth-order valence-corrected chi connectivity index (χ4v) is 13.9. The second-order valence-corrected chi connectivity index (χ2v) is 22.8. The molecule has 0 radical (unpaired) electrons. The number of hydrogen-bond donors (Lipinski definition) is 13. The van der Waals surface area contributed by atoms with Crippen LogP contribution in [0.15, 0.2) is 11.6 Å². The van der Waals surface area contributed by atoms with E-state index in [2.05, 4.69) is 40.7 Å². The lowest BCUT2D eigenvalue weighted by Crippen LogP contribution is -2.65. The lowest BCUT2D eigenvalue weighted by Gasteiger charge is -2.66. The first-order valence-corrected chi connectivity index (χ1v) is 24.0. The molecule has 3 heterocycles. The van der Waals surface area contributed by atoms with Crippen molar-refractivity contribution in [3.8, 4) is 0 Å². The van der Waals surface area contributed by atoms with Crippen molar-refractivity contribution in [1.82, 2.24) is 0 Å². The Morgan fingerprint density at radius 3 is 2.00 bits per heavy atom. The van der Waals surface area contributed by atoms with E-state index < -0.39 is 141 Å². The number of aliphatic hydroxyl groups is 13. The molecule has 382 valence electrons. The molecule has 0 aromatic rings. The Labute approximate surface area is 387 Å². The van der Waals surface area contributed by atoms with Crippen LogP contribution < -0.4 is 0 Å². The van der Waals surface area contributed by atoms with Crippen molar-refractivity contribution in [2.45, 2.75) is 216 Å². The fraction of sp³-hybridized carbons (Fsp3) is 0.957. The third-order valence-electron chi connectivity index (χ3n) is 18.4. The van der Waals surface area contributed by atoms with Crippen LogP contribution in [-0.4, -0.2) is 202 Å². The van der Waals surface area contributed by atoms with Crippen LogP contribution in [0.25, 0.3) is 0 Å². The number of rotatable bonds is 13. The van der Waals surface area contributed by atoms with Gasteiger partial charge in [-0.25, -0.2) is 0 Å². The van der Waals surface area contributed by atoms with Crippen molar-refractivity contribution in [1.29, 1.82) is 0 Å². The predicted octanol–water partition coefficient (Wildman–Crippen LogP) is -1.45. The van der Waals surface area contributed by atoms with Crippen LogP contribution in [-0.2, 0) is 28.4 Å². The molecule has 7 aliphatic rings. The van der Waals surface area contributed by atoms with Gasteiger partial charge in [-0.05, 0) is 98.7 Å². The van der Waals surface area contributed by atoms with Gasteiger partial charge in [-0.2, -0.15) is 0 Å². The van der Waals surface area contributed by atoms with Crippen molar-refractivity contribution >= 4 is 0 Å². The van der Waals surface area contributed by atoms with Crippen molar-refractivity contribution < 1.29 is 94.8 Å². The highest BCUT2D eigenvalue weighted by atomic mass is 16.8. The maximum Gasteiger partial charge on any atom is 0.187 e. The average Bonchev–Trinajstić information content (AvgIpc) is 3.54. The normalized spacial score (nSPS) is 50.3. The summed E-state index contributed by atoms with van der Waals surface area (Å²) in [6.45, 7) is 14.5. The van der Waals surface area contributed by atoms with Crippen LogP contribution in [0.5, 0.6) is 0 Å². The van der Waals surface area contributed by atoms with Gasteiger partial charge in [-0.15, -0.1) is 0 Å². The molecular weight excluding hydrogens is 868 g/mol. The van der Waals surface area contributed by atoms with E-state index >= 15 is 0 Å². The average molecular weight is 949 g/mol. The van der Waals surface area contributed by atoms with E-state index in [4.69, 9.17) is 28.4 Å². The standard InChI is InChI=1S/C47H80O19/c1-20(29(50)34(55)39(59)44(4,5)60)21-13-14-47(8)27-11-9-22-23(45(27,6)15-16-46(21,47)7)10-12-28(43(22,2)3)65-42-37(58)33(54)38(66-41-35(56)30(51)24(49)18-61-41)26(64-42)19-62-40-36(57)32(53)31(52)25(17-48)63-40/h9,20-21,23-42,48-60H,10-19H2,1-8H3/t20-,21-,23+,24-,25-,26-,27-,28+,29+,30+,31-,32+,33-,34+,35+,36+,37-,38-,39-,40-,41+,42+,45+,46-,47-/m1/s1. The van der Waals surface area contributed by atoms with E-state index in [9.17, 15) is 66.4 Å². The molecule has 0 unspecified atom stereocenters. The maximum absolute atomic E-state index is 11.7. The minimum atomic E-state index is -1.76. The van der Waals surface area contributed by atoms with E-state index in [0.29, 0.717) is 12.3 Å². The molecule has 25 atom stereocenters. The molecule has 19 nitrogen and oxygen atoms in total. The van der Waals surface area contributed by atoms with Gasteiger partial charge >= 0.3 is 0 Å². The molecule has 6 fully saturated rings. The van der Waals surface area contributed by atoms with E-state index in [1.165, 1.54) is 19.4 Å². The zero-order valence-corrected chi connectivity index (χ0v) is 39.6. The third kappa shape index (κ3) is 8.89. The Hall–Kier alpha value is -1.02. The van der Waals surface area contributed by atoms with Gasteiger partial charge < -0.3 is 94.8 Å². The second kappa shape index (κ2) is 19.2. The van der Waals surface area contributed by atoms with Crippen LogP contribution in [0, 0.1) is 45.3 Å². The summed E-state index contributed by atoms with van der Waals surface area (Å²) in [6.07, 6.45) is -18.8. The van der Waals surface area contributed by atoms with Gasteiger partial charge in [-0.1, -0.05) is 53.2 Å². The number of hydrogen-bond acceptors (Lipinski definition) is 19. The quantitative estimate of drug-likeness (QED) is 0.0940. The Kier molecular flexibility index (Phi) is 15.4. The van der Waals surface area contributed by atoms with Gasteiger partial charge in [0.25, 0.3) is 0 Å². The SMILES string of the molecule is C[C@@H]([C@H](O)[C@H](O)[C@@H](O)C(C)(C)O)[C@H]1CC[C@]2(C)[C@@H]3CC=C4[C@H](CC[C@H](O[C@@H]5O[C@H](CO[C@@H]6O[C@H](CO)[C@@H](O)[C@H](O)[C@@H]6O)[C@@H](O[C@@H]6OC[C@@H](O)[C@H](O)[C@@H]6O)[C@H](O)[C@H]5O)C4(C)C)[C@]3(C)CC[C@]12C. The summed E-state index contributed by atoms with van der Waals surface area (Å²) >= 11 is 0. The van der Waals surface area contributed by atoms with E-state index in [1.54, 1.807) is 0 Å². The highest BCUT2D eigenvalue weighted by Crippen LogP contribution is 2.75. The summed E-state index contributed by atoms with van der Waals surface area (Å²) in [6, 6.07) is 0. The second-order valence-electron chi connectivity index (χ2n) is 22.8. The molecule has 4 aliphatic carbocycles. The fourth-order valence-electron chi connectivity index (χ4n) is 13.9. The predicted molar refractivity (Wildman–Crippen MR) is 230 cm³/mol. The van der Waals surface area contributed by atoms with E-state index in [0.717, 1.165) is 38.5 Å². The topological polar surface area (TPSA) is 318 Å². The molecule has 0 aromatic carbocycles. The summed E-state index contributed by atoms with van der Waals surface area (Å²) in [5, 5.41) is 139. The Morgan fingerprint density at radius 2 is 1.35 bits per heavy atom. The Balaban J connectivity index is 1.08. The third-order valence-corrected chi connectivity index (χ3v) is 18.4. The molecule has 7 rings (SSSR count). The number of aliphatic hydroxyl groups excluding tert-OH is 12. The number of ether oxygens (including phenoxy) is 6. The van der Waals surface area contributed by atoms with Crippen LogP contribution >= 0.6 is 0 Å². The van der Waals surface area contributed by atoms with Crippen LogP contribution in [0.3, 0.4) is 0 Å². The van der Waals surface area contributed by atoms with Crippen molar-refractivity contribution in [2.75, 3.05) is 19.8 Å². The molecule has 0 aromatic heterocycles. The first-order chi connectivity index (χ1) is 30.6. The summed E-state index contributed by atoms with van der Waals surface area (Å²) < 4.78 is 35.7. The first kappa shape index (κ1) is 52.8. The zero-order chi connectivity index (χ0) is 48.8. The Morgan fingerprint density at radius 1 is 0.712 bits per heavy atom. The molecule has 0 bridgehead atoms. The van der Waals surface area contributed by atoms with Crippen LogP contribution in [0.4, 0.5) is 0 Å². The van der Waals surface area contributed by atoms with Gasteiger partial charge in [0.1, 0.15) is 79.4 Å². The van der Waals surface area contributed by atoms with Gasteiger partial charge in [-0.3, -0.25) is 0 Å². The molecule has 19 heteroatoms. The lowest BCUT2D eigenvalue weighted by molar-refractivity contribution is -0.366. The van der Waals surface area contributed by atoms with Crippen LogP contribution in [0.1, 0.15) is 100 Å². The monoisotopic (exact) mass is 949 g/mol. The smallest absolute Gasteiger partial charge is 0.187 e. The highest BCUT2D eigenvalue weighted by molar-refractivity contribution is 5.30. The molecule has 66 heavy (non-hydrogen) atoms. The van der Waals surface area contributed by atoms with Crippen molar-refractivity contribution in [2.24, 2.45) is 45.3 Å².